The van der Waals surface area contributed by atoms with Gasteiger partial charge >= 0.3 is 5.97 Å². The van der Waals surface area contributed by atoms with E-state index in [0.29, 0.717) is 16.5 Å². The first-order valence-corrected chi connectivity index (χ1v) is 6.04. The molecule has 0 fully saturated rings. The van der Waals surface area contributed by atoms with Crippen LogP contribution in [0.5, 0.6) is 0 Å². The van der Waals surface area contributed by atoms with Gasteiger partial charge in [-0.3, -0.25) is 4.98 Å². The average molecular weight is 244 g/mol. The highest BCUT2D eigenvalue weighted by molar-refractivity contribution is 6.03. The summed E-state index contributed by atoms with van der Waals surface area (Å²) in [6, 6.07) is 7.29. The zero-order valence-corrected chi connectivity index (χ0v) is 10.6. The van der Waals surface area contributed by atoms with E-state index in [1.165, 1.54) is 12.3 Å². The number of anilines is 1. The quantitative estimate of drug-likeness (QED) is 0.898. The molecule has 0 radical (unpaired) electrons. The van der Waals surface area contributed by atoms with Gasteiger partial charge in [-0.05, 0) is 38.1 Å². The topological polar surface area (TPSA) is 53.4 Å². The summed E-state index contributed by atoms with van der Waals surface area (Å²) in [6.07, 6.45) is 1.53. The van der Waals surface area contributed by atoms with Crippen LogP contribution in [0.25, 0.3) is 10.9 Å². The second-order valence-corrected chi connectivity index (χ2v) is 4.04. The van der Waals surface area contributed by atoms with Crippen molar-refractivity contribution >= 4 is 22.6 Å². The second-order valence-electron chi connectivity index (χ2n) is 4.04. The smallest absolute Gasteiger partial charge is 0.336 e. The summed E-state index contributed by atoms with van der Waals surface area (Å²) in [5, 5.41) is 9.87. The molecule has 0 atom stereocenters. The number of hydrogen-bond donors (Lipinski definition) is 1. The van der Waals surface area contributed by atoms with Gasteiger partial charge in [-0.15, -0.1) is 0 Å². The van der Waals surface area contributed by atoms with Crippen LogP contribution in [0.2, 0.25) is 0 Å². The minimum Gasteiger partial charge on any atom is -0.478 e. The summed E-state index contributed by atoms with van der Waals surface area (Å²) in [5.41, 5.74) is 2.04. The van der Waals surface area contributed by atoms with Crippen molar-refractivity contribution in [3.8, 4) is 0 Å². The number of aromatic carboxylic acids is 1. The van der Waals surface area contributed by atoms with E-state index in [0.717, 1.165) is 18.8 Å². The molecule has 1 aromatic heterocycles. The Labute approximate surface area is 106 Å². The molecule has 4 nitrogen and oxygen atoms in total. The van der Waals surface area contributed by atoms with Gasteiger partial charge in [0.2, 0.25) is 0 Å². The normalized spacial score (nSPS) is 10.6. The summed E-state index contributed by atoms with van der Waals surface area (Å²) in [6.45, 7) is 5.94. The number of carbonyl (C=O) groups is 1. The van der Waals surface area contributed by atoms with Gasteiger partial charge in [0.1, 0.15) is 0 Å². The number of nitrogens with zero attached hydrogens (tertiary/aromatic N) is 2. The zero-order chi connectivity index (χ0) is 13.1. The minimum absolute atomic E-state index is 0.300. The number of rotatable bonds is 4. The fraction of sp³-hybridized carbons (Fsp3) is 0.286. The SMILES string of the molecule is CCN(CC)c1ccc2nccc(C(=O)O)c2c1. The van der Waals surface area contributed by atoms with E-state index in [1.54, 1.807) is 0 Å². The molecule has 0 aliphatic carbocycles. The van der Waals surface area contributed by atoms with Crippen LogP contribution >= 0.6 is 0 Å². The van der Waals surface area contributed by atoms with Gasteiger partial charge in [-0.1, -0.05) is 0 Å². The van der Waals surface area contributed by atoms with Crippen molar-refractivity contribution in [1.82, 2.24) is 4.98 Å². The first-order chi connectivity index (χ1) is 8.67. The van der Waals surface area contributed by atoms with E-state index in [-0.39, 0.29) is 0 Å². The summed E-state index contributed by atoms with van der Waals surface area (Å²) in [5.74, 6) is -0.918. The van der Waals surface area contributed by atoms with E-state index < -0.39 is 5.97 Å². The van der Waals surface area contributed by atoms with Crippen LogP contribution in [-0.2, 0) is 0 Å². The molecule has 1 heterocycles. The molecule has 0 saturated heterocycles. The van der Waals surface area contributed by atoms with Crippen molar-refractivity contribution in [2.45, 2.75) is 13.8 Å². The number of aromatic nitrogens is 1. The molecule has 18 heavy (non-hydrogen) atoms. The van der Waals surface area contributed by atoms with Crippen molar-refractivity contribution < 1.29 is 9.90 Å². The van der Waals surface area contributed by atoms with Crippen molar-refractivity contribution in [2.24, 2.45) is 0 Å². The lowest BCUT2D eigenvalue weighted by atomic mass is 10.1. The van der Waals surface area contributed by atoms with Gasteiger partial charge in [0.15, 0.2) is 0 Å². The van der Waals surface area contributed by atoms with Crippen molar-refractivity contribution in [3.63, 3.8) is 0 Å². The third-order valence-electron chi connectivity index (χ3n) is 3.08. The summed E-state index contributed by atoms with van der Waals surface area (Å²) < 4.78 is 0. The molecule has 2 rings (SSSR count). The Morgan fingerprint density at radius 2 is 2.00 bits per heavy atom. The predicted octanol–water partition coefficient (Wildman–Crippen LogP) is 2.78. The number of hydrogen-bond acceptors (Lipinski definition) is 3. The lowest BCUT2D eigenvalue weighted by Gasteiger charge is -2.21. The lowest BCUT2D eigenvalue weighted by Crippen LogP contribution is -2.21. The van der Waals surface area contributed by atoms with Crippen LogP contribution in [0.15, 0.2) is 30.5 Å². The number of benzene rings is 1. The van der Waals surface area contributed by atoms with E-state index >= 15 is 0 Å². The Bertz CT molecular complexity index is 577. The average Bonchev–Trinajstić information content (AvgIpc) is 2.39. The van der Waals surface area contributed by atoms with E-state index in [4.69, 9.17) is 0 Å². The summed E-state index contributed by atoms with van der Waals surface area (Å²) >= 11 is 0. The zero-order valence-electron chi connectivity index (χ0n) is 10.6. The van der Waals surface area contributed by atoms with Crippen LogP contribution in [0.3, 0.4) is 0 Å². The standard InChI is InChI=1S/C14H16N2O2/c1-3-16(4-2)10-5-6-13-12(9-10)11(14(17)18)7-8-15-13/h5-9H,3-4H2,1-2H3,(H,17,18). The molecule has 0 bridgehead atoms. The monoisotopic (exact) mass is 244 g/mol. The van der Waals surface area contributed by atoms with E-state index in [9.17, 15) is 9.90 Å². The maximum atomic E-state index is 11.2. The van der Waals surface area contributed by atoms with Crippen molar-refractivity contribution in [2.75, 3.05) is 18.0 Å². The van der Waals surface area contributed by atoms with Gasteiger partial charge in [-0.2, -0.15) is 0 Å². The molecule has 4 heteroatoms. The maximum Gasteiger partial charge on any atom is 0.336 e. The fourth-order valence-electron chi connectivity index (χ4n) is 2.11. The first-order valence-electron chi connectivity index (χ1n) is 6.04. The first kappa shape index (κ1) is 12.4. The Kier molecular flexibility index (Phi) is 3.46. The Morgan fingerprint density at radius 1 is 1.28 bits per heavy atom. The summed E-state index contributed by atoms with van der Waals surface area (Å²) in [4.78, 5) is 17.6. The minimum atomic E-state index is -0.918. The number of fused-ring (bicyclic) bond motifs is 1. The number of pyridine rings is 1. The third-order valence-corrected chi connectivity index (χ3v) is 3.08. The predicted molar refractivity (Wildman–Crippen MR) is 72.3 cm³/mol. The fourth-order valence-corrected chi connectivity index (χ4v) is 2.11. The molecule has 2 aromatic rings. The maximum absolute atomic E-state index is 11.2. The molecule has 0 amide bonds. The van der Waals surface area contributed by atoms with Crippen molar-refractivity contribution in [3.05, 3.63) is 36.0 Å². The van der Waals surface area contributed by atoms with Gasteiger partial charge in [0.25, 0.3) is 0 Å². The van der Waals surface area contributed by atoms with Crippen LogP contribution < -0.4 is 4.90 Å². The van der Waals surface area contributed by atoms with Crippen LogP contribution in [0.1, 0.15) is 24.2 Å². The van der Waals surface area contributed by atoms with Crippen LogP contribution in [-0.4, -0.2) is 29.1 Å². The molecule has 0 saturated carbocycles. The highest BCUT2D eigenvalue weighted by Crippen LogP contribution is 2.23. The molecule has 0 unspecified atom stereocenters. The molecule has 1 aromatic carbocycles. The van der Waals surface area contributed by atoms with Gasteiger partial charge in [0, 0.05) is 30.4 Å². The molecule has 0 aliphatic rings. The Morgan fingerprint density at radius 3 is 2.61 bits per heavy atom. The highest BCUT2D eigenvalue weighted by Gasteiger charge is 2.10. The Hall–Kier alpha value is -2.10. The lowest BCUT2D eigenvalue weighted by molar-refractivity contribution is 0.0699. The largest absolute Gasteiger partial charge is 0.478 e. The number of carboxylic acid groups (broad SMARTS) is 1. The Balaban J connectivity index is 2.62. The molecular weight excluding hydrogens is 228 g/mol. The molecule has 1 N–H and O–H groups in total. The van der Waals surface area contributed by atoms with E-state index in [1.807, 2.05) is 18.2 Å². The van der Waals surface area contributed by atoms with Gasteiger partial charge < -0.3 is 10.0 Å². The third kappa shape index (κ3) is 2.14. The number of carboxylic acids is 1. The van der Waals surface area contributed by atoms with E-state index in [2.05, 4.69) is 23.7 Å². The molecule has 0 aliphatic heterocycles. The van der Waals surface area contributed by atoms with Crippen LogP contribution in [0, 0.1) is 0 Å². The second kappa shape index (κ2) is 5.04. The molecular formula is C14H16N2O2. The molecule has 94 valence electrons. The molecule has 0 spiro atoms. The van der Waals surface area contributed by atoms with Gasteiger partial charge in [0.05, 0.1) is 11.1 Å². The van der Waals surface area contributed by atoms with Crippen molar-refractivity contribution in [1.29, 1.82) is 0 Å². The highest BCUT2D eigenvalue weighted by atomic mass is 16.4. The van der Waals surface area contributed by atoms with Crippen LogP contribution in [0.4, 0.5) is 5.69 Å². The summed E-state index contributed by atoms with van der Waals surface area (Å²) in [7, 11) is 0. The van der Waals surface area contributed by atoms with Gasteiger partial charge in [-0.25, -0.2) is 4.79 Å².